The zero-order valence-electron chi connectivity index (χ0n) is 17.4. The molecule has 0 saturated carbocycles. The van der Waals surface area contributed by atoms with E-state index in [1.54, 1.807) is 36.8 Å². The first-order valence-electron chi connectivity index (χ1n) is 10.1. The van der Waals surface area contributed by atoms with Gasteiger partial charge in [0.15, 0.2) is 0 Å². The molecule has 1 atom stereocenters. The first-order chi connectivity index (χ1) is 15.5. The molecule has 1 aliphatic heterocycles. The van der Waals surface area contributed by atoms with Crippen LogP contribution in [0.15, 0.2) is 77.3 Å². The second-order valence-corrected chi connectivity index (χ2v) is 8.35. The number of aliphatic hydroxyl groups excluding tert-OH is 1. The van der Waals surface area contributed by atoms with E-state index >= 15 is 0 Å². The van der Waals surface area contributed by atoms with E-state index in [-0.39, 0.29) is 11.3 Å². The van der Waals surface area contributed by atoms with E-state index in [1.807, 2.05) is 35.0 Å². The molecule has 1 fully saturated rings. The molecular formula is C24H22BrN3O4. The summed E-state index contributed by atoms with van der Waals surface area (Å²) in [5.41, 5.74) is 1.25. The first kappa shape index (κ1) is 21.8. The summed E-state index contributed by atoms with van der Waals surface area (Å²) in [5.74, 6) is -0.982. The molecule has 164 valence electrons. The molecule has 3 aromatic rings. The van der Waals surface area contributed by atoms with Crippen molar-refractivity contribution >= 4 is 33.4 Å². The third kappa shape index (κ3) is 4.31. The lowest BCUT2D eigenvalue weighted by molar-refractivity contribution is -0.139. The van der Waals surface area contributed by atoms with Crippen molar-refractivity contribution in [2.24, 2.45) is 0 Å². The fourth-order valence-corrected chi connectivity index (χ4v) is 4.14. The Morgan fingerprint density at radius 2 is 1.94 bits per heavy atom. The van der Waals surface area contributed by atoms with Gasteiger partial charge in [-0.15, -0.1) is 0 Å². The SMILES string of the molecule is COc1cccc(/C(O)=C2\C(=O)C(=O)N(CCCn3ccnc3)[C@H]2c2ccc(Br)cc2)c1. The zero-order chi connectivity index (χ0) is 22.7. The van der Waals surface area contributed by atoms with Gasteiger partial charge in [-0.05, 0) is 36.2 Å². The molecule has 0 bridgehead atoms. The molecule has 1 saturated heterocycles. The van der Waals surface area contributed by atoms with Gasteiger partial charge in [-0.1, -0.05) is 40.2 Å². The summed E-state index contributed by atoms with van der Waals surface area (Å²) in [7, 11) is 1.53. The molecule has 8 heteroatoms. The molecule has 2 heterocycles. The minimum atomic E-state index is -0.694. The highest BCUT2D eigenvalue weighted by Gasteiger charge is 2.45. The Bertz CT molecular complexity index is 1160. The number of hydrogen-bond acceptors (Lipinski definition) is 5. The molecular weight excluding hydrogens is 474 g/mol. The van der Waals surface area contributed by atoms with Crippen LogP contribution in [0.25, 0.3) is 5.76 Å². The van der Waals surface area contributed by atoms with Crippen LogP contribution in [0.5, 0.6) is 5.75 Å². The van der Waals surface area contributed by atoms with E-state index in [9.17, 15) is 14.7 Å². The van der Waals surface area contributed by atoms with Crippen molar-refractivity contribution < 1.29 is 19.4 Å². The van der Waals surface area contributed by atoms with E-state index in [1.165, 1.54) is 12.0 Å². The standard InChI is InChI=1S/C24H22BrN3O4/c1-32-19-5-2-4-17(14-19)22(29)20-21(16-6-8-18(25)9-7-16)28(24(31)23(20)30)12-3-11-27-13-10-26-15-27/h2,4-10,13-15,21,29H,3,11-12H2,1H3/b22-20+/t21-/m0/s1. The van der Waals surface area contributed by atoms with Crippen molar-refractivity contribution in [3.8, 4) is 5.75 Å². The Hall–Kier alpha value is -3.39. The van der Waals surface area contributed by atoms with Gasteiger partial charge in [0.1, 0.15) is 11.5 Å². The van der Waals surface area contributed by atoms with Gasteiger partial charge >= 0.3 is 0 Å². The molecule has 0 unspecified atom stereocenters. The number of aryl methyl sites for hydroxylation is 1. The fraction of sp³-hybridized carbons (Fsp3) is 0.208. The molecule has 0 radical (unpaired) electrons. The highest BCUT2D eigenvalue weighted by molar-refractivity contribution is 9.10. The summed E-state index contributed by atoms with van der Waals surface area (Å²) in [4.78, 5) is 31.6. The molecule has 2 aromatic carbocycles. The molecule has 7 nitrogen and oxygen atoms in total. The number of ether oxygens (including phenoxy) is 1. The van der Waals surface area contributed by atoms with Crippen molar-refractivity contribution in [3.05, 3.63) is 88.4 Å². The molecule has 0 spiro atoms. The van der Waals surface area contributed by atoms with Crippen LogP contribution in [0.2, 0.25) is 0 Å². The molecule has 1 aromatic heterocycles. The smallest absolute Gasteiger partial charge is 0.295 e. The summed E-state index contributed by atoms with van der Waals surface area (Å²) < 4.78 is 8.04. The third-order valence-corrected chi connectivity index (χ3v) is 5.97. The summed E-state index contributed by atoms with van der Waals surface area (Å²) in [5, 5.41) is 11.1. The predicted molar refractivity (Wildman–Crippen MR) is 123 cm³/mol. The maximum absolute atomic E-state index is 13.1. The number of rotatable bonds is 7. The monoisotopic (exact) mass is 495 g/mol. The maximum atomic E-state index is 13.1. The van der Waals surface area contributed by atoms with Crippen LogP contribution in [0.1, 0.15) is 23.6 Å². The molecule has 1 N–H and O–H groups in total. The lowest BCUT2D eigenvalue weighted by Crippen LogP contribution is -2.31. The van der Waals surface area contributed by atoms with Crippen molar-refractivity contribution in [3.63, 3.8) is 0 Å². The lowest BCUT2D eigenvalue weighted by Gasteiger charge is -2.25. The first-order valence-corrected chi connectivity index (χ1v) is 10.9. The molecule has 4 rings (SSSR count). The second kappa shape index (κ2) is 9.40. The third-order valence-electron chi connectivity index (χ3n) is 5.44. The number of nitrogens with zero attached hydrogens (tertiary/aromatic N) is 3. The maximum Gasteiger partial charge on any atom is 0.295 e. The zero-order valence-corrected chi connectivity index (χ0v) is 19.0. The lowest BCUT2D eigenvalue weighted by atomic mass is 9.95. The minimum absolute atomic E-state index is 0.0770. The van der Waals surface area contributed by atoms with Crippen LogP contribution in [0, 0.1) is 0 Å². The molecule has 32 heavy (non-hydrogen) atoms. The Morgan fingerprint density at radius 3 is 2.62 bits per heavy atom. The number of amides is 1. The molecule has 0 aliphatic carbocycles. The van der Waals surface area contributed by atoms with Crippen LogP contribution >= 0.6 is 15.9 Å². The number of halogens is 1. The number of carbonyl (C=O) groups is 2. The molecule has 1 amide bonds. The Morgan fingerprint density at radius 1 is 1.16 bits per heavy atom. The fourth-order valence-electron chi connectivity index (χ4n) is 3.87. The Kier molecular flexibility index (Phi) is 6.41. The summed E-state index contributed by atoms with van der Waals surface area (Å²) in [6, 6.07) is 13.5. The predicted octanol–water partition coefficient (Wildman–Crippen LogP) is 4.17. The quantitative estimate of drug-likeness (QED) is 0.302. The van der Waals surface area contributed by atoms with Gasteiger partial charge in [0.25, 0.3) is 11.7 Å². The summed E-state index contributed by atoms with van der Waals surface area (Å²) in [6.45, 7) is 1.02. The highest BCUT2D eigenvalue weighted by atomic mass is 79.9. The normalized spacial score (nSPS) is 17.7. The summed E-state index contributed by atoms with van der Waals surface area (Å²) in [6.07, 6.45) is 5.89. The largest absolute Gasteiger partial charge is 0.507 e. The van der Waals surface area contributed by atoms with E-state index in [4.69, 9.17) is 4.74 Å². The minimum Gasteiger partial charge on any atom is -0.507 e. The Labute approximate surface area is 194 Å². The van der Waals surface area contributed by atoms with Crippen LogP contribution in [-0.2, 0) is 16.1 Å². The van der Waals surface area contributed by atoms with Gasteiger partial charge < -0.3 is 19.3 Å². The number of Topliss-reactive ketones (excluding diaryl/α,β-unsaturated/α-hetero) is 1. The highest BCUT2D eigenvalue weighted by Crippen LogP contribution is 2.40. The number of benzene rings is 2. The number of methoxy groups -OCH3 is 1. The number of likely N-dealkylation sites (tertiary alicyclic amines) is 1. The number of hydrogen-bond donors (Lipinski definition) is 1. The van der Waals surface area contributed by atoms with Crippen molar-refractivity contribution in [1.29, 1.82) is 0 Å². The van der Waals surface area contributed by atoms with Gasteiger partial charge in [-0.3, -0.25) is 9.59 Å². The number of carbonyl (C=O) groups excluding carboxylic acids is 2. The number of aromatic nitrogens is 2. The van der Waals surface area contributed by atoms with E-state index in [2.05, 4.69) is 20.9 Å². The average molecular weight is 496 g/mol. The number of imidazole rings is 1. The van der Waals surface area contributed by atoms with Crippen molar-refractivity contribution in [1.82, 2.24) is 14.5 Å². The van der Waals surface area contributed by atoms with Crippen LogP contribution in [-0.4, -0.2) is 44.9 Å². The molecule has 1 aliphatic rings. The van der Waals surface area contributed by atoms with E-state index in [0.29, 0.717) is 30.8 Å². The van der Waals surface area contributed by atoms with Crippen molar-refractivity contribution in [2.75, 3.05) is 13.7 Å². The van der Waals surface area contributed by atoms with Crippen LogP contribution in [0.4, 0.5) is 0 Å². The van der Waals surface area contributed by atoms with Crippen molar-refractivity contribution in [2.45, 2.75) is 19.0 Å². The van der Waals surface area contributed by atoms with Gasteiger partial charge in [-0.2, -0.15) is 0 Å². The van der Waals surface area contributed by atoms with Crippen LogP contribution in [0.3, 0.4) is 0 Å². The van der Waals surface area contributed by atoms with E-state index in [0.717, 1.165) is 10.0 Å². The number of ketones is 1. The van der Waals surface area contributed by atoms with Gasteiger partial charge in [-0.25, -0.2) is 4.98 Å². The number of aliphatic hydroxyl groups is 1. The second-order valence-electron chi connectivity index (χ2n) is 7.43. The van der Waals surface area contributed by atoms with E-state index < -0.39 is 17.7 Å². The Balaban J connectivity index is 1.73. The van der Waals surface area contributed by atoms with Gasteiger partial charge in [0, 0.05) is 35.5 Å². The topological polar surface area (TPSA) is 84.7 Å². The van der Waals surface area contributed by atoms with Crippen LogP contribution < -0.4 is 4.74 Å². The average Bonchev–Trinajstić information content (AvgIpc) is 3.41. The van der Waals surface area contributed by atoms with Gasteiger partial charge in [0.2, 0.25) is 0 Å². The van der Waals surface area contributed by atoms with Gasteiger partial charge in [0.05, 0.1) is 25.1 Å². The summed E-state index contributed by atoms with van der Waals surface area (Å²) >= 11 is 3.42.